The van der Waals surface area contributed by atoms with Crippen LogP contribution < -0.4 is 0 Å². The van der Waals surface area contributed by atoms with E-state index in [2.05, 4.69) is 93.5 Å². The standard InChI is InChI=1S/C16H27Br5O/c1-10(2)9-22-16-8-7-14(20)12(18)4-3-11(17)13(19)5-6-15(16)21/h10-16H,3-9H2,1-2H3/t11-,12+,13+,14-,15-,16?/m0/s1. The van der Waals surface area contributed by atoms with E-state index in [0.29, 0.717) is 36.2 Å². The van der Waals surface area contributed by atoms with E-state index in [9.17, 15) is 0 Å². The molecule has 0 aromatic carbocycles. The minimum atomic E-state index is 0.301. The zero-order chi connectivity index (χ0) is 16.7. The summed E-state index contributed by atoms with van der Waals surface area (Å²) in [7, 11) is 0. The van der Waals surface area contributed by atoms with E-state index in [-0.39, 0.29) is 0 Å². The first-order valence-corrected chi connectivity index (χ1v) is 12.7. The summed E-state index contributed by atoms with van der Waals surface area (Å²) in [6.45, 7) is 5.27. The highest BCUT2D eigenvalue weighted by Crippen LogP contribution is 2.33. The fourth-order valence-electron chi connectivity index (χ4n) is 2.55. The fraction of sp³-hybridized carbons (Fsp3) is 1.00. The summed E-state index contributed by atoms with van der Waals surface area (Å²) in [5.41, 5.74) is 0. The maximum atomic E-state index is 6.20. The Balaban J connectivity index is 2.69. The van der Waals surface area contributed by atoms with Crippen molar-refractivity contribution in [1.29, 1.82) is 0 Å². The Hall–Kier alpha value is 2.36. The lowest BCUT2D eigenvalue weighted by Gasteiger charge is -2.29. The van der Waals surface area contributed by atoms with Crippen molar-refractivity contribution in [2.75, 3.05) is 6.61 Å². The molecule has 6 heteroatoms. The van der Waals surface area contributed by atoms with Gasteiger partial charge in [-0.1, -0.05) is 93.5 Å². The lowest BCUT2D eigenvalue weighted by atomic mass is 9.99. The highest BCUT2D eigenvalue weighted by atomic mass is 79.9. The Morgan fingerprint density at radius 1 is 0.682 bits per heavy atom. The van der Waals surface area contributed by atoms with E-state index in [1.807, 2.05) is 0 Å². The minimum absolute atomic E-state index is 0.301. The number of hydrogen-bond donors (Lipinski definition) is 0. The smallest absolute Gasteiger partial charge is 0.0700 e. The molecule has 1 aliphatic carbocycles. The molecule has 0 aromatic heterocycles. The van der Waals surface area contributed by atoms with Gasteiger partial charge in [-0.25, -0.2) is 0 Å². The zero-order valence-electron chi connectivity index (χ0n) is 13.3. The second-order valence-electron chi connectivity index (χ2n) is 6.58. The normalized spacial score (nSPS) is 39.3. The molecule has 1 saturated carbocycles. The number of ether oxygens (including phenoxy) is 1. The Morgan fingerprint density at radius 2 is 1.05 bits per heavy atom. The molecule has 0 bridgehead atoms. The van der Waals surface area contributed by atoms with Crippen LogP contribution in [-0.4, -0.2) is 36.8 Å². The second kappa shape index (κ2) is 11.9. The summed E-state index contributed by atoms with van der Waals surface area (Å²) in [5.74, 6) is 0.584. The van der Waals surface area contributed by atoms with Crippen LogP contribution in [0.4, 0.5) is 0 Å². The molecule has 132 valence electrons. The quantitative estimate of drug-likeness (QED) is 0.299. The molecule has 1 aliphatic rings. The Bertz CT molecular complexity index is 302. The molecule has 0 saturated heterocycles. The predicted molar refractivity (Wildman–Crippen MR) is 116 cm³/mol. The summed E-state index contributed by atoms with van der Waals surface area (Å²) in [6, 6.07) is 0. The van der Waals surface area contributed by atoms with Crippen LogP contribution >= 0.6 is 79.6 Å². The van der Waals surface area contributed by atoms with Crippen LogP contribution in [0.3, 0.4) is 0 Å². The molecule has 0 N–H and O–H groups in total. The molecule has 0 heterocycles. The van der Waals surface area contributed by atoms with Crippen LogP contribution in [0.5, 0.6) is 0 Å². The first-order chi connectivity index (χ1) is 10.3. The molecule has 22 heavy (non-hydrogen) atoms. The van der Waals surface area contributed by atoms with Crippen molar-refractivity contribution >= 4 is 79.6 Å². The molecule has 0 amide bonds. The molecule has 1 nitrogen and oxygen atoms in total. The summed E-state index contributed by atoms with van der Waals surface area (Å²) in [4.78, 5) is 2.50. The molecular weight excluding hydrogens is 608 g/mol. The van der Waals surface area contributed by atoms with E-state index >= 15 is 0 Å². The van der Waals surface area contributed by atoms with E-state index in [4.69, 9.17) is 4.74 Å². The third kappa shape index (κ3) is 8.64. The van der Waals surface area contributed by atoms with Crippen molar-refractivity contribution < 1.29 is 4.74 Å². The predicted octanol–water partition coefficient (Wildman–Crippen LogP) is 7.20. The molecule has 0 aromatic rings. The van der Waals surface area contributed by atoms with Gasteiger partial charge in [-0.05, 0) is 44.4 Å². The van der Waals surface area contributed by atoms with E-state index in [1.54, 1.807) is 0 Å². The summed E-state index contributed by atoms with van der Waals surface area (Å²) < 4.78 is 6.20. The molecule has 0 aliphatic heterocycles. The second-order valence-corrected chi connectivity index (χ2v) is 12.5. The fourth-order valence-corrected chi connectivity index (χ4v) is 5.35. The van der Waals surface area contributed by atoms with Gasteiger partial charge in [0.05, 0.1) is 6.10 Å². The molecule has 1 rings (SSSR count). The Kier molecular flexibility index (Phi) is 12.1. The van der Waals surface area contributed by atoms with Crippen LogP contribution in [0.15, 0.2) is 0 Å². The maximum absolute atomic E-state index is 6.20. The summed E-state index contributed by atoms with van der Waals surface area (Å²) in [5, 5.41) is 0. The maximum Gasteiger partial charge on any atom is 0.0700 e. The van der Waals surface area contributed by atoms with E-state index in [0.717, 1.165) is 32.3 Å². The average molecular weight is 635 g/mol. The number of rotatable bonds is 3. The van der Waals surface area contributed by atoms with Crippen molar-refractivity contribution in [3.8, 4) is 0 Å². The SMILES string of the molecule is CC(C)COC1CC[C@H](Br)[C@H](Br)CC[C@H](Br)[C@H](Br)CC[C@@H]1Br. The number of halogens is 5. The molecule has 1 fully saturated rings. The minimum Gasteiger partial charge on any atom is -0.377 e. The van der Waals surface area contributed by atoms with Gasteiger partial charge < -0.3 is 4.74 Å². The van der Waals surface area contributed by atoms with E-state index in [1.165, 1.54) is 12.8 Å². The monoisotopic (exact) mass is 630 g/mol. The van der Waals surface area contributed by atoms with Gasteiger partial charge in [-0.2, -0.15) is 0 Å². The third-order valence-corrected chi connectivity index (χ3v) is 10.8. The van der Waals surface area contributed by atoms with Gasteiger partial charge in [0.1, 0.15) is 0 Å². The van der Waals surface area contributed by atoms with Crippen molar-refractivity contribution in [3.63, 3.8) is 0 Å². The first kappa shape index (κ1) is 22.4. The summed E-state index contributed by atoms with van der Waals surface area (Å²) in [6.07, 6.45) is 7.23. The lowest BCUT2D eigenvalue weighted by molar-refractivity contribution is 0.0278. The largest absolute Gasteiger partial charge is 0.377 e. The number of hydrogen-bond acceptors (Lipinski definition) is 1. The van der Waals surface area contributed by atoms with Gasteiger partial charge in [0.25, 0.3) is 0 Å². The highest BCUT2D eigenvalue weighted by molar-refractivity contribution is 9.12. The van der Waals surface area contributed by atoms with Crippen molar-refractivity contribution in [1.82, 2.24) is 0 Å². The molecular formula is C16H27Br5O. The van der Waals surface area contributed by atoms with Crippen LogP contribution in [0, 0.1) is 5.92 Å². The van der Waals surface area contributed by atoms with Gasteiger partial charge in [0.15, 0.2) is 0 Å². The summed E-state index contributed by atoms with van der Waals surface area (Å²) >= 11 is 19.3. The lowest BCUT2D eigenvalue weighted by Crippen LogP contribution is -2.30. The Labute approximate surface area is 178 Å². The van der Waals surface area contributed by atoms with Crippen LogP contribution in [0.2, 0.25) is 0 Å². The third-order valence-electron chi connectivity index (χ3n) is 4.00. The molecule has 6 atom stereocenters. The van der Waals surface area contributed by atoms with E-state index < -0.39 is 0 Å². The van der Waals surface area contributed by atoms with Gasteiger partial charge in [0, 0.05) is 30.7 Å². The van der Waals surface area contributed by atoms with Crippen molar-refractivity contribution in [3.05, 3.63) is 0 Å². The van der Waals surface area contributed by atoms with Gasteiger partial charge >= 0.3 is 0 Å². The zero-order valence-corrected chi connectivity index (χ0v) is 21.2. The first-order valence-electron chi connectivity index (χ1n) is 8.13. The highest BCUT2D eigenvalue weighted by Gasteiger charge is 2.27. The molecule has 0 radical (unpaired) electrons. The van der Waals surface area contributed by atoms with Gasteiger partial charge in [0.2, 0.25) is 0 Å². The number of alkyl halides is 5. The average Bonchev–Trinajstić information content (AvgIpc) is 2.47. The van der Waals surface area contributed by atoms with Crippen LogP contribution in [0.25, 0.3) is 0 Å². The molecule has 1 unspecified atom stereocenters. The van der Waals surface area contributed by atoms with Crippen molar-refractivity contribution in [2.45, 2.75) is 82.6 Å². The van der Waals surface area contributed by atoms with Crippen molar-refractivity contribution in [2.24, 2.45) is 5.92 Å². The van der Waals surface area contributed by atoms with Gasteiger partial charge in [-0.15, -0.1) is 0 Å². The topological polar surface area (TPSA) is 9.23 Å². The Morgan fingerprint density at radius 3 is 1.45 bits per heavy atom. The van der Waals surface area contributed by atoms with Gasteiger partial charge in [-0.3, -0.25) is 0 Å². The van der Waals surface area contributed by atoms with Crippen LogP contribution in [-0.2, 0) is 4.74 Å². The van der Waals surface area contributed by atoms with Crippen LogP contribution in [0.1, 0.15) is 52.4 Å². The molecule has 0 spiro atoms.